The van der Waals surface area contributed by atoms with E-state index < -0.39 is 4.92 Å². The van der Waals surface area contributed by atoms with Crippen molar-refractivity contribution in [3.63, 3.8) is 0 Å². The van der Waals surface area contributed by atoms with Gasteiger partial charge in [0.2, 0.25) is 0 Å². The first kappa shape index (κ1) is 14.2. The molecule has 7 heteroatoms. The summed E-state index contributed by atoms with van der Waals surface area (Å²) >= 11 is 0. The highest BCUT2D eigenvalue weighted by Gasteiger charge is 2.29. The van der Waals surface area contributed by atoms with Crippen molar-refractivity contribution in [3.05, 3.63) is 33.9 Å². The standard InChI is InChI=1S/C13H17N5O2/c1-16-4-5-17(11(8-15)9-16)12-3-2-10(7-14)6-13(12)18(19)20/h2-3,6,11H,4-5,8-9,15H2,1H3. The van der Waals surface area contributed by atoms with E-state index in [1.54, 1.807) is 12.1 Å². The lowest BCUT2D eigenvalue weighted by Crippen LogP contribution is -2.55. The van der Waals surface area contributed by atoms with Crippen LogP contribution in [0.25, 0.3) is 0 Å². The Morgan fingerprint density at radius 3 is 2.90 bits per heavy atom. The SMILES string of the molecule is CN1CCN(c2ccc(C#N)cc2[N+](=O)[O-])C(CN)C1. The molecule has 7 nitrogen and oxygen atoms in total. The number of nitrogens with zero attached hydrogens (tertiary/aromatic N) is 4. The van der Waals surface area contributed by atoms with Crippen LogP contribution in [0.15, 0.2) is 18.2 Å². The Labute approximate surface area is 117 Å². The van der Waals surface area contributed by atoms with Crippen molar-refractivity contribution in [2.24, 2.45) is 5.73 Å². The molecule has 0 aliphatic carbocycles. The molecule has 0 saturated carbocycles. The third kappa shape index (κ3) is 2.71. The number of hydrogen-bond donors (Lipinski definition) is 1. The first-order chi connectivity index (χ1) is 9.56. The summed E-state index contributed by atoms with van der Waals surface area (Å²) in [7, 11) is 2.01. The van der Waals surface area contributed by atoms with E-state index in [0.717, 1.165) is 13.1 Å². The summed E-state index contributed by atoms with van der Waals surface area (Å²) in [4.78, 5) is 14.9. The van der Waals surface area contributed by atoms with E-state index in [-0.39, 0.29) is 11.7 Å². The number of nitriles is 1. The van der Waals surface area contributed by atoms with Gasteiger partial charge in [0, 0.05) is 32.2 Å². The Kier molecular flexibility index (Phi) is 4.17. The molecule has 1 aliphatic rings. The molecule has 1 atom stereocenters. The van der Waals surface area contributed by atoms with Crippen LogP contribution in [0.3, 0.4) is 0 Å². The lowest BCUT2D eigenvalue weighted by atomic mass is 10.1. The highest BCUT2D eigenvalue weighted by molar-refractivity contribution is 5.66. The van der Waals surface area contributed by atoms with Gasteiger partial charge >= 0.3 is 0 Å². The molecular weight excluding hydrogens is 258 g/mol. The molecule has 1 fully saturated rings. The highest BCUT2D eigenvalue weighted by atomic mass is 16.6. The fourth-order valence-electron chi connectivity index (χ4n) is 2.51. The monoisotopic (exact) mass is 275 g/mol. The molecule has 20 heavy (non-hydrogen) atoms. The van der Waals surface area contributed by atoms with Crippen LogP contribution in [0.4, 0.5) is 11.4 Å². The normalized spacial score (nSPS) is 19.6. The van der Waals surface area contributed by atoms with Crippen LogP contribution in [-0.4, -0.2) is 49.1 Å². The fraction of sp³-hybridized carbons (Fsp3) is 0.462. The lowest BCUT2D eigenvalue weighted by Gasteiger charge is -2.40. The van der Waals surface area contributed by atoms with Gasteiger partial charge in [-0.15, -0.1) is 0 Å². The van der Waals surface area contributed by atoms with Gasteiger partial charge in [0.25, 0.3) is 5.69 Å². The molecule has 2 rings (SSSR count). The maximum atomic E-state index is 11.2. The van der Waals surface area contributed by atoms with Crippen LogP contribution in [0.1, 0.15) is 5.56 Å². The highest BCUT2D eigenvalue weighted by Crippen LogP contribution is 2.31. The second kappa shape index (κ2) is 5.86. The molecule has 0 aromatic heterocycles. The number of rotatable bonds is 3. The predicted molar refractivity (Wildman–Crippen MR) is 75.5 cm³/mol. The first-order valence-electron chi connectivity index (χ1n) is 6.40. The van der Waals surface area contributed by atoms with Gasteiger partial charge in [-0.1, -0.05) is 0 Å². The van der Waals surface area contributed by atoms with E-state index in [1.165, 1.54) is 6.07 Å². The van der Waals surface area contributed by atoms with Gasteiger partial charge in [0.1, 0.15) is 5.69 Å². The summed E-state index contributed by atoms with van der Waals surface area (Å²) in [6.45, 7) is 2.72. The Bertz CT molecular complexity index is 554. The van der Waals surface area contributed by atoms with Crippen molar-refractivity contribution in [2.45, 2.75) is 6.04 Å². The van der Waals surface area contributed by atoms with Crippen LogP contribution >= 0.6 is 0 Å². The Morgan fingerprint density at radius 1 is 1.55 bits per heavy atom. The molecule has 106 valence electrons. The molecule has 0 spiro atoms. The maximum Gasteiger partial charge on any atom is 0.293 e. The molecule has 1 unspecified atom stereocenters. The minimum absolute atomic E-state index is 0.0351. The Balaban J connectivity index is 2.41. The topological polar surface area (TPSA) is 99.4 Å². The molecule has 1 saturated heterocycles. The van der Waals surface area contributed by atoms with Crippen LogP contribution in [0.5, 0.6) is 0 Å². The third-order valence-electron chi connectivity index (χ3n) is 3.57. The van der Waals surface area contributed by atoms with Crippen molar-refractivity contribution in [2.75, 3.05) is 38.1 Å². The molecular formula is C13H17N5O2. The summed E-state index contributed by atoms with van der Waals surface area (Å²) in [5.74, 6) is 0. The average molecular weight is 275 g/mol. The van der Waals surface area contributed by atoms with Gasteiger partial charge < -0.3 is 15.5 Å². The maximum absolute atomic E-state index is 11.2. The molecule has 1 aromatic carbocycles. The lowest BCUT2D eigenvalue weighted by molar-refractivity contribution is -0.384. The van der Waals surface area contributed by atoms with E-state index in [0.29, 0.717) is 24.3 Å². The molecule has 1 aromatic rings. The fourth-order valence-corrected chi connectivity index (χ4v) is 2.51. The zero-order valence-electron chi connectivity index (χ0n) is 11.3. The molecule has 0 bridgehead atoms. The van der Waals surface area contributed by atoms with E-state index >= 15 is 0 Å². The number of piperazine rings is 1. The number of benzene rings is 1. The molecule has 2 N–H and O–H groups in total. The van der Waals surface area contributed by atoms with Gasteiger partial charge in [0.05, 0.1) is 22.6 Å². The second-order valence-corrected chi connectivity index (χ2v) is 4.92. The van der Waals surface area contributed by atoms with E-state index in [4.69, 9.17) is 11.0 Å². The minimum Gasteiger partial charge on any atom is -0.359 e. The number of hydrogen-bond acceptors (Lipinski definition) is 6. The molecule has 1 heterocycles. The smallest absolute Gasteiger partial charge is 0.293 e. The third-order valence-corrected chi connectivity index (χ3v) is 3.57. The summed E-state index contributed by atoms with van der Waals surface area (Å²) in [5, 5.41) is 20.1. The van der Waals surface area contributed by atoms with Crippen LogP contribution in [0.2, 0.25) is 0 Å². The van der Waals surface area contributed by atoms with Crippen molar-refractivity contribution in [1.29, 1.82) is 5.26 Å². The summed E-state index contributed by atoms with van der Waals surface area (Å²) in [5.41, 5.74) is 6.58. The van der Waals surface area contributed by atoms with Crippen molar-refractivity contribution in [1.82, 2.24) is 4.90 Å². The number of likely N-dealkylation sites (N-methyl/N-ethyl adjacent to an activating group) is 1. The molecule has 1 aliphatic heterocycles. The Hall–Kier alpha value is -2.17. The molecule has 0 amide bonds. The van der Waals surface area contributed by atoms with E-state index in [2.05, 4.69) is 4.90 Å². The molecule has 0 radical (unpaired) electrons. The zero-order chi connectivity index (χ0) is 14.7. The predicted octanol–water partition coefficient (Wildman–Crippen LogP) is 0.546. The quantitative estimate of drug-likeness (QED) is 0.638. The van der Waals surface area contributed by atoms with Crippen molar-refractivity contribution >= 4 is 11.4 Å². The number of nitro benzene ring substituents is 1. The zero-order valence-corrected chi connectivity index (χ0v) is 11.3. The van der Waals surface area contributed by atoms with Crippen LogP contribution < -0.4 is 10.6 Å². The Morgan fingerprint density at radius 2 is 2.30 bits per heavy atom. The van der Waals surface area contributed by atoms with Crippen LogP contribution in [0, 0.1) is 21.4 Å². The minimum atomic E-state index is -0.442. The van der Waals surface area contributed by atoms with Gasteiger partial charge in [-0.05, 0) is 19.2 Å². The summed E-state index contributed by atoms with van der Waals surface area (Å²) in [6.07, 6.45) is 0. The van der Waals surface area contributed by atoms with Gasteiger partial charge in [-0.25, -0.2) is 0 Å². The van der Waals surface area contributed by atoms with Gasteiger partial charge in [-0.3, -0.25) is 10.1 Å². The first-order valence-corrected chi connectivity index (χ1v) is 6.40. The average Bonchev–Trinajstić information content (AvgIpc) is 2.46. The van der Waals surface area contributed by atoms with E-state index in [9.17, 15) is 10.1 Å². The number of anilines is 1. The van der Waals surface area contributed by atoms with E-state index in [1.807, 2.05) is 18.0 Å². The number of nitro groups is 1. The summed E-state index contributed by atoms with van der Waals surface area (Å²) < 4.78 is 0. The second-order valence-electron chi connectivity index (χ2n) is 4.92. The van der Waals surface area contributed by atoms with Crippen molar-refractivity contribution in [3.8, 4) is 6.07 Å². The van der Waals surface area contributed by atoms with Gasteiger partial charge in [0.15, 0.2) is 0 Å². The van der Waals surface area contributed by atoms with Crippen LogP contribution in [-0.2, 0) is 0 Å². The largest absolute Gasteiger partial charge is 0.359 e. The number of nitrogens with two attached hydrogens (primary N) is 1. The van der Waals surface area contributed by atoms with Crippen molar-refractivity contribution < 1.29 is 4.92 Å². The summed E-state index contributed by atoms with van der Waals surface area (Å²) in [6, 6.07) is 6.54. The van der Waals surface area contributed by atoms with Gasteiger partial charge in [-0.2, -0.15) is 5.26 Å².